The molecular formula is C16H13N3S. The van der Waals surface area contributed by atoms with E-state index >= 15 is 0 Å². The van der Waals surface area contributed by atoms with Crippen molar-refractivity contribution in [1.82, 2.24) is 4.98 Å². The van der Waals surface area contributed by atoms with Crippen LogP contribution in [0, 0.1) is 25.2 Å². The number of thiazole rings is 1. The Morgan fingerprint density at radius 1 is 1.20 bits per heavy atom. The van der Waals surface area contributed by atoms with Gasteiger partial charge in [0.25, 0.3) is 0 Å². The molecule has 2 aromatic carbocycles. The lowest BCUT2D eigenvalue weighted by molar-refractivity contribution is 1.37. The summed E-state index contributed by atoms with van der Waals surface area (Å²) in [6.07, 6.45) is 0. The van der Waals surface area contributed by atoms with E-state index in [1.54, 1.807) is 11.3 Å². The smallest absolute Gasteiger partial charge is 0.188 e. The van der Waals surface area contributed by atoms with Crippen molar-refractivity contribution in [2.24, 2.45) is 0 Å². The van der Waals surface area contributed by atoms with Crippen LogP contribution in [0.5, 0.6) is 0 Å². The van der Waals surface area contributed by atoms with Gasteiger partial charge in [-0.25, -0.2) is 4.98 Å². The Kier molecular flexibility index (Phi) is 3.13. The van der Waals surface area contributed by atoms with E-state index in [2.05, 4.69) is 35.4 Å². The molecule has 0 bridgehead atoms. The highest BCUT2D eigenvalue weighted by atomic mass is 32.1. The number of aryl methyl sites for hydroxylation is 2. The fourth-order valence-corrected chi connectivity index (χ4v) is 3.09. The van der Waals surface area contributed by atoms with E-state index in [1.165, 1.54) is 5.56 Å². The van der Waals surface area contributed by atoms with E-state index in [1.807, 2.05) is 31.2 Å². The minimum Gasteiger partial charge on any atom is -0.330 e. The Morgan fingerprint density at radius 3 is 2.85 bits per heavy atom. The van der Waals surface area contributed by atoms with Crippen LogP contribution in [-0.4, -0.2) is 4.98 Å². The second-order valence-electron chi connectivity index (χ2n) is 4.72. The van der Waals surface area contributed by atoms with Crippen LogP contribution in [0.3, 0.4) is 0 Å². The number of para-hydroxylation sites is 1. The molecule has 3 nitrogen and oxygen atoms in total. The molecule has 0 aliphatic rings. The molecule has 0 aliphatic heterocycles. The van der Waals surface area contributed by atoms with E-state index in [0.29, 0.717) is 5.56 Å². The zero-order valence-corrected chi connectivity index (χ0v) is 12.1. The maximum Gasteiger partial charge on any atom is 0.188 e. The quantitative estimate of drug-likeness (QED) is 0.749. The van der Waals surface area contributed by atoms with E-state index in [4.69, 9.17) is 0 Å². The number of aromatic nitrogens is 1. The number of hydrogen-bond acceptors (Lipinski definition) is 4. The van der Waals surface area contributed by atoms with Gasteiger partial charge < -0.3 is 5.32 Å². The third-order valence-corrected chi connectivity index (χ3v) is 4.10. The highest BCUT2D eigenvalue weighted by Crippen LogP contribution is 2.31. The average molecular weight is 279 g/mol. The lowest BCUT2D eigenvalue weighted by atomic mass is 10.1. The summed E-state index contributed by atoms with van der Waals surface area (Å²) in [5.74, 6) is 0. The summed E-state index contributed by atoms with van der Waals surface area (Å²) in [7, 11) is 0. The number of fused-ring (bicyclic) bond motifs is 1. The summed E-state index contributed by atoms with van der Waals surface area (Å²) in [5.41, 5.74) is 4.72. The van der Waals surface area contributed by atoms with Crippen molar-refractivity contribution in [1.29, 1.82) is 5.26 Å². The maximum atomic E-state index is 9.19. The molecule has 0 aliphatic carbocycles. The van der Waals surface area contributed by atoms with Crippen molar-refractivity contribution < 1.29 is 0 Å². The van der Waals surface area contributed by atoms with Gasteiger partial charge in [-0.15, -0.1) is 0 Å². The summed E-state index contributed by atoms with van der Waals surface area (Å²) in [6.45, 7) is 4.06. The van der Waals surface area contributed by atoms with Crippen molar-refractivity contribution in [2.45, 2.75) is 13.8 Å². The number of rotatable bonds is 2. The molecule has 0 saturated carbocycles. The van der Waals surface area contributed by atoms with Gasteiger partial charge in [0.05, 0.1) is 21.5 Å². The van der Waals surface area contributed by atoms with Crippen LogP contribution in [0.15, 0.2) is 36.4 Å². The van der Waals surface area contributed by atoms with Crippen LogP contribution in [0.4, 0.5) is 10.8 Å². The SMILES string of the molecule is Cc1ccc2nc(Nc3c(C)cccc3C#N)sc2c1. The van der Waals surface area contributed by atoms with E-state index in [0.717, 1.165) is 26.6 Å². The lowest BCUT2D eigenvalue weighted by Crippen LogP contribution is -1.95. The largest absolute Gasteiger partial charge is 0.330 e. The average Bonchev–Trinajstić information content (AvgIpc) is 2.82. The molecule has 20 heavy (non-hydrogen) atoms. The summed E-state index contributed by atoms with van der Waals surface area (Å²) in [5, 5.41) is 13.3. The van der Waals surface area contributed by atoms with Gasteiger partial charge in [0, 0.05) is 0 Å². The van der Waals surface area contributed by atoms with Crippen molar-refractivity contribution >= 4 is 32.4 Å². The number of anilines is 2. The van der Waals surface area contributed by atoms with Crippen LogP contribution in [0.2, 0.25) is 0 Å². The van der Waals surface area contributed by atoms with Gasteiger partial charge in [-0.05, 0) is 43.2 Å². The Balaban J connectivity index is 2.04. The molecule has 0 saturated heterocycles. The molecule has 98 valence electrons. The molecule has 0 amide bonds. The van der Waals surface area contributed by atoms with Gasteiger partial charge in [-0.3, -0.25) is 0 Å². The molecule has 1 heterocycles. The van der Waals surface area contributed by atoms with Crippen LogP contribution < -0.4 is 5.32 Å². The lowest BCUT2D eigenvalue weighted by Gasteiger charge is -2.07. The van der Waals surface area contributed by atoms with Crippen molar-refractivity contribution in [3.63, 3.8) is 0 Å². The zero-order chi connectivity index (χ0) is 14.1. The summed E-state index contributed by atoms with van der Waals surface area (Å²) < 4.78 is 1.15. The maximum absolute atomic E-state index is 9.19. The van der Waals surface area contributed by atoms with Crippen LogP contribution in [0.25, 0.3) is 10.2 Å². The predicted octanol–water partition coefficient (Wildman–Crippen LogP) is 4.53. The number of nitrogens with zero attached hydrogens (tertiary/aromatic N) is 2. The third-order valence-electron chi connectivity index (χ3n) is 3.17. The Bertz CT molecular complexity index is 827. The number of nitrogens with one attached hydrogen (secondary N) is 1. The molecule has 1 N–H and O–H groups in total. The summed E-state index contributed by atoms with van der Waals surface area (Å²) >= 11 is 1.60. The normalized spacial score (nSPS) is 10.4. The topological polar surface area (TPSA) is 48.7 Å². The first-order chi connectivity index (χ1) is 9.67. The second-order valence-corrected chi connectivity index (χ2v) is 5.76. The van der Waals surface area contributed by atoms with Crippen molar-refractivity contribution in [2.75, 3.05) is 5.32 Å². The molecule has 0 atom stereocenters. The molecule has 3 aromatic rings. The van der Waals surface area contributed by atoms with Crippen LogP contribution >= 0.6 is 11.3 Å². The van der Waals surface area contributed by atoms with Gasteiger partial charge in [0.1, 0.15) is 6.07 Å². The molecule has 0 unspecified atom stereocenters. The van der Waals surface area contributed by atoms with Crippen molar-refractivity contribution in [3.8, 4) is 6.07 Å². The molecule has 0 fully saturated rings. The number of benzene rings is 2. The highest BCUT2D eigenvalue weighted by Gasteiger charge is 2.09. The molecule has 4 heteroatoms. The van der Waals surface area contributed by atoms with Crippen molar-refractivity contribution in [3.05, 3.63) is 53.1 Å². The Hall–Kier alpha value is -2.38. The first-order valence-electron chi connectivity index (χ1n) is 6.31. The first-order valence-corrected chi connectivity index (χ1v) is 7.13. The molecule has 0 radical (unpaired) electrons. The fourth-order valence-electron chi connectivity index (χ4n) is 2.12. The number of nitriles is 1. The third kappa shape index (κ3) is 2.24. The predicted molar refractivity (Wildman–Crippen MR) is 83.5 cm³/mol. The first kappa shape index (κ1) is 12.6. The molecule has 1 aromatic heterocycles. The van der Waals surface area contributed by atoms with Gasteiger partial charge >= 0.3 is 0 Å². The molecule has 0 spiro atoms. The second kappa shape index (κ2) is 4.95. The van der Waals surface area contributed by atoms with Gasteiger partial charge in [-0.1, -0.05) is 29.5 Å². The highest BCUT2D eigenvalue weighted by molar-refractivity contribution is 7.22. The summed E-state index contributed by atoms with van der Waals surface area (Å²) in [6, 6.07) is 14.1. The van der Waals surface area contributed by atoms with E-state index in [-0.39, 0.29) is 0 Å². The standard InChI is InChI=1S/C16H13N3S/c1-10-6-7-13-14(8-10)20-16(18-13)19-15-11(2)4-3-5-12(15)9-17/h3-8H,1-2H3,(H,18,19). The van der Waals surface area contributed by atoms with E-state index < -0.39 is 0 Å². The van der Waals surface area contributed by atoms with Gasteiger partial charge in [0.15, 0.2) is 5.13 Å². The minimum absolute atomic E-state index is 0.639. The molecule has 3 rings (SSSR count). The molecular weight excluding hydrogens is 266 g/mol. The van der Waals surface area contributed by atoms with Gasteiger partial charge in [-0.2, -0.15) is 5.26 Å². The number of hydrogen-bond donors (Lipinski definition) is 1. The minimum atomic E-state index is 0.639. The van der Waals surface area contributed by atoms with E-state index in [9.17, 15) is 5.26 Å². The zero-order valence-electron chi connectivity index (χ0n) is 11.3. The monoisotopic (exact) mass is 279 g/mol. The van der Waals surface area contributed by atoms with Crippen LogP contribution in [0.1, 0.15) is 16.7 Å². The van der Waals surface area contributed by atoms with Crippen LogP contribution in [-0.2, 0) is 0 Å². The fraction of sp³-hybridized carbons (Fsp3) is 0.125. The summed E-state index contributed by atoms with van der Waals surface area (Å²) in [4.78, 5) is 4.56. The Labute approximate surface area is 121 Å². The Morgan fingerprint density at radius 2 is 2.05 bits per heavy atom. The van der Waals surface area contributed by atoms with Gasteiger partial charge in [0.2, 0.25) is 0 Å².